The van der Waals surface area contributed by atoms with Gasteiger partial charge in [0, 0.05) is 24.5 Å². The topological polar surface area (TPSA) is 54.5 Å². The highest BCUT2D eigenvalue weighted by Crippen LogP contribution is 2.28. The summed E-state index contributed by atoms with van der Waals surface area (Å²) in [6.07, 6.45) is 0.672. The monoisotopic (exact) mass is 319 g/mol. The molecule has 118 valence electrons. The average Bonchev–Trinajstić information content (AvgIpc) is 3.05. The van der Waals surface area contributed by atoms with Gasteiger partial charge in [-0.15, -0.1) is 0 Å². The maximum Gasteiger partial charge on any atom is 0.410 e. The van der Waals surface area contributed by atoms with E-state index in [0.717, 1.165) is 17.6 Å². The summed E-state index contributed by atoms with van der Waals surface area (Å²) in [5.74, 6) is 0.914. The maximum absolute atomic E-state index is 12.1. The highest BCUT2D eigenvalue weighted by atomic mass is 32.1. The third-order valence-electron chi connectivity index (χ3n) is 3.56. The summed E-state index contributed by atoms with van der Waals surface area (Å²) in [6.45, 7) is 7.03. The number of carbonyl (C=O) groups excluding carboxylic acids is 1. The second kappa shape index (κ2) is 5.76. The first-order chi connectivity index (χ1) is 10.4. The highest BCUT2D eigenvalue weighted by molar-refractivity contribution is 7.13. The molecule has 0 saturated carbocycles. The molecule has 1 saturated heterocycles. The molecule has 1 aromatic heterocycles. The van der Waals surface area contributed by atoms with Gasteiger partial charge in [-0.25, -0.2) is 4.79 Å². The lowest BCUT2D eigenvalue weighted by Gasteiger charge is -2.24. The molecule has 1 aliphatic rings. The van der Waals surface area contributed by atoms with Gasteiger partial charge in [0.2, 0.25) is 0 Å². The molecule has 5 nitrogen and oxygen atoms in total. The van der Waals surface area contributed by atoms with Crippen LogP contribution in [0.1, 0.15) is 27.2 Å². The molecule has 1 N–H and O–H groups in total. The first kappa shape index (κ1) is 15.1. The van der Waals surface area contributed by atoms with Crippen LogP contribution < -0.4 is 5.32 Å². The molecular weight excluding hydrogens is 298 g/mol. The number of amides is 1. The maximum atomic E-state index is 12.1. The zero-order valence-corrected chi connectivity index (χ0v) is 13.9. The van der Waals surface area contributed by atoms with Gasteiger partial charge in [-0.2, -0.15) is 4.37 Å². The predicted octanol–water partition coefficient (Wildman–Crippen LogP) is 3.72. The lowest BCUT2D eigenvalue weighted by molar-refractivity contribution is 0.0293. The van der Waals surface area contributed by atoms with Crippen LogP contribution in [-0.2, 0) is 4.74 Å². The van der Waals surface area contributed by atoms with Crippen LogP contribution in [0.25, 0.3) is 10.1 Å². The molecular formula is C16H21N3O2S. The number of hydrogen-bond acceptors (Lipinski definition) is 5. The van der Waals surface area contributed by atoms with Crippen molar-refractivity contribution in [2.24, 2.45) is 0 Å². The number of anilines is 1. The van der Waals surface area contributed by atoms with E-state index in [0.29, 0.717) is 13.1 Å². The Balaban J connectivity index is 1.63. The first-order valence-corrected chi connectivity index (χ1v) is 8.28. The van der Waals surface area contributed by atoms with E-state index in [2.05, 4.69) is 21.8 Å². The van der Waals surface area contributed by atoms with Gasteiger partial charge in [-0.1, -0.05) is 12.1 Å². The standard InChI is InChI=1S/C16H21N3O2S/c1-16(2,3)21-15(20)19-9-8-11(10-19)17-14-12-6-4-5-7-13(12)22-18-14/h4-7,11H,8-10H2,1-3H3,(H,17,18)/t11-/m0/s1. The number of carbonyl (C=O) groups is 1. The summed E-state index contributed by atoms with van der Waals surface area (Å²) in [5.41, 5.74) is -0.451. The predicted molar refractivity (Wildman–Crippen MR) is 89.5 cm³/mol. The first-order valence-electron chi connectivity index (χ1n) is 7.51. The lowest BCUT2D eigenvalue weighted by Crippen LogP contribution is -2.36. The van der Waals surface area contributed by atoms with Gasteiger partial charge < -0.3 is 15.0 Å². The van der Waals surface area contributed by atoms with Gasteiger partial charge >= 0.3 is 6.09 Å². The second-order valence-electron chi connectivity index (χ2n) is 6.58. The number of ether oxygens (including phenoxy) is 1. The van der Waals surface area contributed by atoms with E-state index in [1.54, 1.807) is 4.90 Å². The minimum absolute atomic E-state index is 0.220. The van der Waals surface area contributed by atoms with Gasteiger partial charge in [-0.05, 0) is 50.9 Å². The summed E-state index contributed by atoms with van der Waals surface area (Å²) in [7, 11) is 0. The number of nitrogens with one attached hydrogen (secondary N) is 1. The second-order valence-corrected chi connectivity index (χ2v) is 7.39. The van der Waals surface area contributed by atoms with Crippen molar-refractivity contribution in [3.63, 3.8) is 0 Å². The Morgan fingerprint density at radius 3 is 2.95 bits per heavy atom. The third kappa shape index (κ3) is 3.32. The Morgan fingerprint density at radius 2 is 2.18 bits per heavy atom. The summed E-state index contributed by atoms with van der Waals surface area (Å²) in [6, 6.07) is 8.40. The minimum atomic E-state index is -0.451. The molecule has 2 aromatic rings. The summed E-state index contributed by atoms with van der Waals surface area (Å²) < 4.78 is 11.1. The number of hydrogen-bond donors (Lipinski definition) is 1. The van der Waals surface area contributed by atoms with Crippen LogP contribution in [0.15, 0.2) is 24.3 Å². The van der Waals surface area contributed by atoms with Gasteiger partial charge in [0.25, 0.3) is 0 Å². The fraction of sp³-hybridized carbons (Fsp3) is 0.500. The van der Waals surface area contributed by atoms with Crippen molar-refractivity contribution < 1.29 is 9.53 Å². The molecule has 0 aliphatic carbocycles. The Labute approximate surface area is 134 Å². The SMILES string of the molecule is CC(C)(C)OC(=O)N1CC[C@H](Nc2nsc3ccccc23)C1. The Bertz CT molecular complexity index is 677. The van der Waals surface area contributed by atoms with E-state index < -0.39 is 5.60 Å². The molecule has 1 aromatic carbocycles. The van der Waals surface area contributed by atoms with Gasteiger partial charge in [0.1, 0.15) is 11.4 Å². The van der Waals surface area contributed by atoms with E-state index >= 15 is 0 Å². The molecule has 3 rings (SSSR count). The number of likely N-dealkylation sites (tertiary alicyclic amines) is 1. The van der Waals surface area contributed by atoms with Crippen LogP contribution in [-0.4, -0.2) is 40.1 Å². The molecule has 22 heavy (non-hydrogen) atoms. The number of rotatable bonds is 2. The molecule has 0 bridgehead atoms. The van der Waals surface area contributed by atoms with Crippen molar-refractivity contribution in [1.29, 1.82) is 0 Å². The van der Waals surface area contributed by atoms with Crippen LogP contribution in [0.4, 0.5) is 10.6 Å². The Hall–Kier alpha value is -1.82. The highest BCUT2D eigenvalue weighted by Gasteiger charge is 2.30. The zero-order chi connectivity index (χ0) is 15.7. The van der Waals surface area contributed by atoms with Gasteiger partial charge in [0.05, 0.1) is 4.70 Å². The largest absolute Gasteiger partial charge is 0.444 e. The van der Waals surface area contributed by atoms with E-state index in [-0.39, 0.29) is 12.1 Å². The molecule has 1 aliphatic heterocycles. The molecule has 0 spiro atoms. The Kier molecular flexibility index (Phi) is 3.95. The summed E-state index contributed by atoms with van der Waals surface area (Å²) in [4.78, 5) is 13.8. The number of aromatic nitrogens is 1. The molecule has 1 fully saturated rings. The quantitative estimate of drug-likeness (QED) is 0.916. The van der Waals surface area contributed by atoms with Crippen molar-refractivity contribution in [3.8, 4) is 0 Å². The lowest BCUT2D eigenvalue weighted by atomic mass is 10.2. The minimum Gasteiger partial charge on any atom is -0.444 e. The molecule has 2 heterocycles. The number of fused-ring (bicyclic) bond motifs is 1. The van der Waals surface area contributed by atoms with Crippen molar-refractivity contribution >= 4 is 33.5 Å². The van der Waals surface area contributed by atoms with Crippen LogP contribution in [0.2, 0.25) is 0 Å². The normalized spacial score (nSPS) is 18.7. The average molecular weight is 319 g/mol. The molecule has 0 unspecified atom stereocenters. The van der Waals surface area contributed by atoms with Crippen molar-refractivity contribution in [2.75, 3.05) is 18.4 Å². The van der Waals surface area contributed by atoms with Crippen LogP contribution in [0.3, 0.4) is 0 Å². The molecule has 6 heteroatoms. The van der Waals surface area contributed by atoms with Crippen LogP contribution in [0.5, 0.6) is 0 Å². The molecule has 0 radical (unpaired) electrons. The van der Waals surface area contributed by atoms with E-state index in [1.165, 1.54) is 16.2 Å². The smallest absolute Gasteiger partial charge is 0.410 e. The number of nitrogens with zero attached hydrogens (tertiary/aromatic N) is 2. The van der Waals surface area contributed by atoms with Crippen molar-refractivity contribution in [2.45, 2.75) is 38.8 Å². The van der Waals surface area contributed by atoms with Crippen molar-refractivity contribution in [3.05, 3.63) is 24.3 Å². The van der Waals surface area contributed by atoms with Crippen molar-refractivity contribution in [1.82, 2.24) is 9.27 Å². The summed E-state index contributed by atoms with van der Waals surface area (Å²) >= 11 is 1.49. The Morgan fingerprint density at radius 1 is 1.41 bits per heavy atom. The fourth-order valence-corrected chi connectivity index (χ4v) is 3.30. The van der Waals surface area contributed by atoms with E-state index in [1.807, 2.05) is 32.9 Å². The zero-order valence-electron chi connectivity index (χ0n) is 13.1. The third-order valence-corrected chi connectivity index (χ3v) is 4.38. The summed E-state index contributed by atoms with van der Waals surface area (Å²) in [5, 5.41) is 4.60. The van der Waals surface area contributed by atoms with Crippen LogP contribution in [0, 0.1) is 0 Å². The number of benzene rings is 1. The molecule has 1 atom stereocenters. The van der Waals surface area contributed by atoms with E-state index in [4.69, 9.17) is 4.74 Å². The molecule has 1 amide bonds. The fourth-order valence-electron chi connectivity index (χ4n) is 2.55. The van der Waals surface area contributed by atoms with Gasteiger partial charge in [0.15, 0.2) is 0 Å². The van der Waals surface area contributed by atoms with E-state index in [9.17, 15) is 4.79 Å². The van der Waals surface area contributed by atoms with Gasteiger partial charge in [-0.3, -0.25) is 0 Å². The van der Waals surface area contributed by atoms with Crippen LogP contribution >= 0.6 is 11.5 Å².